The predicted octanol–water partition coefficient (Wildman–Crippen LogP) is 3.48. The van der Waals surface area contributed by atoms with E-state index < -0.39 is 0 Å². The molecule has 1 aliphatic rings. The molecule has 0 amide bonds. The van der Waals surface area contributed by atoms with Crippen LogP contribution in [0.5, 0.6) is 0 Å². The highest BCUT2D eigenvalue weighted by Gasteiger charge is 2.38. The van der Waals surface area contributed by atoms with Gasteiger partial charge >= 0.3 is 0 Å². The fraction of sp³-hybridized carbons (Fsp3) is 0.625. The minimum Gasteiger partial charge on any atom is -0.314 e. The van der Waals surface area contributed by atoms with Crippen molar-refractivity contribution in [1.82, 2.24) is 5.32 Å². The highest BCUT2D eigenvalue weighted by Crippen LogP contribution is 2.41. The molecule has 1 aliphatic carbocycles. The molecule has 2 rings (SSSR count). The lowest BCUT2D eigenvalue weighted by Gasteiger charge is -2.18. The van der Waals surface area contributed by atoms with Gasteiger partial charge in [-0.3, -0.25) is 0 Å². The number of hydrogen-bond donors (Lipinski definition) is 1. The highest BCUT2D eigenvalue weighted by molar-refractivity contribution is 5.30. The molecule has 1 N–H and O–H groups in total. The van der Waals surface area contributed by atoms with Crippen LogP contribution in [0.25, 0.3) is 0 Å². The first-order valence-electron chi connectivity index (χ1n) is 6.91. The van der Waals surface area contributed by atoms with Gasteiger partial charge in [0.2, 0.25) is 0 Å². The van der Waals surface area contributed by atoms with E-state index in [0.29, 0.717) is 6.04 Å². The van der Waals surface area contributed by atoms with Crippen molar-refractivity contribution in [3.63, 3.8) is 0 Å². The molecule has 94 valence electrons. The third kappa shape index (κ3) is 3.10. The van der Waals surface area contributed by atoms with Gasteiger partial charge in [-0.2, -0.15) is 0 Å². The number of hydrogen-bond acceptors (Lipinski definition) is 1. The molecule has 0 spiro atoms. The zero-order valence-corrected chi connectivity index (χ0v) is 11.6. The summed E-state index contributed by atoms with van der Waals surface area (Å²) in [6.45, 7) is 10.1. The van der Waals surface area contributed by atoms with Gasteiger partial charge in [0.15, 0.2) is 0 Å². The van der Waals surface area contributed by atoms with E-state index in [9.17, 15) is 0 Å². The van der Waals surface area contributed by atoms with Gasteiger partial charge in [-0.15, -0.1) is 0 Å². The summed E-state index contributed by atoms with van der Waals surface area (Å²) in [6, 6.07) is 7.58. The van der Waals surface area contributed by atoms with Gasteiger partial charge in [0, 0.05) is 6.04 Å². The van der Waals surface area contributed by atoms with Crippen molar-refractivity contribution < 1.29 is 0 Å². The van der Waals surface area contributed by atoms with Gasteiger partial charge in [-0.1, -0.05) is 32.0 Å². The van der Waals surface area contributed by atoms with Crippen LogP contribution in [0.2, 0.25) is 0 Å². The summed E-state index contributed by atoms with van der Waals surface area (Å²) in [7, 11) is 0. The second-order valence-electron chi connectivity index (χ2n) is 5.66. The van der Waals surface area contributed by atoms with E-state index in [1.54, 1.807) is 0 Å². The summed E-state index contributed by atoms with van der Waals surface area (Å²) in [6.07, 6.45) is 2.59. The van der Waals surface area contributed by atoms with E-state index in [1.165, 1.54) is 29.5 Å². The molecule has 1 nitrogen and oxygen atoms in total. The summed E-state index contributed by atoms with van der Waals surface area (Å²) in [5.74, 6) is 1.82. The van der Waals surface area contributed by atoms with Crippen LogP contribution in [0.15, 0.2) is 18.2 Å². The minimum atomic E-state index is 0.678. The van der Waals surface area contributed by atoms with Crippen molar-refractivity contribution in [3.05, 3.63) is 34.9 Å². The molecule has 1 aromatic carbocycles. The van der Waals surface area contributed by atoms with Crippen molar-refractivity contribution in [3.8, 4) is 0 Å². The van der Waals surface area contributed by atoms with Crippen LogP contribution in [-0.4, -0.2) is 12.6 Å². The average molecular weight is 231 g/mol. The third-order valence-electron chi connectivity index (χ3n) is 4.18. The SMILES string of the molecule is CCNC(Cc1ccc(C)c(C)c1)C1CC1C. The highest BCUT2D eigenvalue weighted by atomic mass is 14.9. The molecule has 0 bridgehead atoms. The van der Waals surface area contributed by atoms with Gasteiger partial charge < -0.3 is 5.32 Å². The van der Waals surface area contributed by atoms with Crippen LogP contribution in [0.3, 0.4) is 0 Å². The van der Waals surface area contributed by atoms with E-state index in [-0.39, 0.29) is 0 Å². The van der Waals surface area contributed by atoms with Crippen LogP contribution in [0.1, 0.15) is 37.0 Å². The molecular formula is C16H25N. The van der Waals surface area contributed by atoms with E-state index in [0.717, 1.165) is 18.4 Å². The van der Waals surface area contributed by atoms with Crippen LogP contribution in [-0.2, 0) is 6.42 Å². The van der Waals surface area contributed by atoms with Crippen LogP contribution in [0, 0.1) is 25.7 Å². The van der Waals surface area contributed by atoms with Gasteiger partial charge in [-0.05, 0) is 61.8 Å². The van der Waals surface area contributed by atoms with Gasteiger partial charge in [-0.25, -0.2) is 0 Å². The standard InChI is InChI=1S/C16H25N/c1-5-17-16(15-9-13(15)4)10-14-7-6-11(2)12(3)8-14/h6-8,13,15-17H,5,9-10H2,1-4H3. The quantitative estimate of drug-likeness (QED) is 0.818. The van der Waals surface area contributed by atoms with Crippen LogP contribution >= 0.6 is 0 Å². The maximum absolute atomic E-state index is 3.66. The second kappa shape index (κ2) is 5.22. The first-order chi connectivity index (χ1) is 8.11. The number of likely N-dealkylation sites (N-methyl/N-ethyl adjacent to an activating group) is 1. The fourth-order valence-corrected chi connectivity index (χ4v) is 2.73. The Morgan fingerprint density at radius 3 is 2.53 bits per heavy atom. The molecule has 0 radical (unpaired) electrons. The Balaban J connectivity index is 2.03. The first-order valence-corrected chi connectivity index (χ1v) is 6.91. The normalized spacial score (nSPS) is 24.7. The average Bonchev–Trinajstić information content (AvgIpc) is 3.00. The lowest BCUT2D eigenvalue weighted by atomic mass is 9.98. The topological polar surface area (TPSA) is 12.0 Å². The van der Waals surface area contributed by atoms with E-state index in [2.05, 4.69) is 51.2 Å². The Morgan fingerprint density at radius 1 is 1.29 bits per heavy atom. The van der Waals surface area contributed by atoms with Crippen molar-refractivity contribution in [1.29, 1.82) is 0 Å². The molecule has 3 unspecified atom stereocenters. The molecule has 0 aromatic heterocycles. The molecule has 1 heteroatoms. The Hall–Kier alpha value is -0.820. The lowest BCUT2D eigenvalue weighted by Crippen LogP contribution is -2.33. The number of aryl methyl sites for hydroxylation is 2. The summed E-state index contributed by atoms with van der Waals surface area (Å²) in [5.41, 5.74) is 4.30. The zero-order valence-electron chi connectivity index (χ0n) is 11.6. The molecule has 0 aliphatic heterocycles. The molecule has 0 heterocycles. The molecule has 1 fully saturated rings. The van der Waals surface area contributed by atoms with E-state index in [4.69, 9.17) is 0 Å². The fourth-order valence-electron chi connectivity index (χ4n) is 2.73. The van der Waals surface area contributed by atoms with Gasteiger partial charge in [0.05, 0.1) is 0 Å². The maximum Gasteiger partial charge on any atom is 0.0138 e. The Morgan fingerprint density at radius 2 is 2.00 bits per heavy atom. The van der Waals surface area contributed by atoms with Crippen molar-refractivity contribution in [2.24, 2.45) is 11.8 Å². The summed E-state index contributed by atoms with van der Waals surface area (Å²) in [5, 5.41) is 3.66. The van der Waals surface area contributed by atoms with Crippen molar-refractivity contribution in [2.75, 3.05) is 6.54 Å². The van der Waals surface area contributed by atoms with Gasteiger partial charge in [0.25, 0.3) is 0 Å². The molecule has 17 heavy (non-hydrogen) atoms. The summed E-state index contributed by atoms with van der Waals surface area (Å²) in [4.78, 5) is 0. The van der Waals surface area contributed by atoms with Crippen LogP contribution in [0.4, 0.5) is 0 Å². The Bertz CT molecular complexity index is 383. The second-order valence-corrected chi connectivity index (χ2v) is 5.66. The number of nitrogens with one attached hydrogen (secondary N) is 1. The monoisotopic (exact) mass is 231 g/mol. The van der Waals surface area contributed by atoms with Crippen LogP contribution < -0.4 is 5.32 Å². The minimum absolute atomic E-state index is 0.678. The molecular weight excluding hydrogens is 206 g/mol. The molecule has 1 aromatic rings. The molecule has 1 saturated carbocycles. The first kappa shape index (κ1) is 12.6. The van der Waals surface area contributed by atoms with Gasteiger partial charge in [0.1, 0.15) is 0 Å². The van der Waals surface area contributed by atoms with E-state index >= 15 is 0 Å². The maximum atomic E-state index is 3.66. The predicted molar refractivity (Wildman–Crippen MR) is 74.4 cm³/mol. The summed E-state index contributed by atoms with van der Waals surface area (Å²) < 4.78 is 0. The Kier molecular flexibility index (Phi) is 3.88. The number of benzene rings is 1. The Labute approximate surface area is 106 Å². The van der Waals surface area contributed by atoms with E-state index in [1.807, 2.05) is 0 Å². The molecule has 3 atom stereocenters. The van der Waals surface area contributed by atoms with Crippen molar-refractivity contribution >= 4 is 0 Å². The zero-order chi connectivity index (χ0) is 12.4. The summed E-state index contributed by atoms with van der Waals surface area (Å²) >= 11 is 0. The lowest BCUT2D eigenvalue weighted by molar-refractivity contribution is 0.454. The third-order valence-corrected chi connectivity index (χ3v) is 4.18. The molecule has 0 saturated heterocycles. The van der Waals surface area contributed by atoms with Crippen molar-refractivity contribution in [2.45, 2.75) is 46.6 Å². The number of rotatable bonds is 5. The smallest absolute Gasteiger partial charge is 0.0138 e. The largest absolute Gasteiger partial charge is 0.314 e.